The fourth-order valence-electron chi connectivity index (χ4n) is 3.19. The zero-order valence-electron chi connectivity index (χ0n) is 15.0. The monoisotopic (exact) mass is 332 g/mol. The third-order valence-electron chi connectivity index (χ3n) is 4.60. The molecule has 0 bridgehead atoms. The van der Waals surface area contributed by atoms with Crippen LogP contribution in [0, 0.1) is 5.92 Å². The largest absolute Gasteiger partial charge is 0.496 e. The average molecular weight is 332 g/mol. The van der Waals surface area contributed by atoms with Crippen LogP contribution in [0.5, 0.6) is 5.75 Å². The fraction of sp³-hybridized carbons (Fsp3) is 0.579. The number of nitrogens with zero attached hydrogens (tertiary/aromatic N) is 2. The van der Waals surface area contributed by atoms with E-state index in [9.17, 15) is 9.59 Å². The lowest BCUT2D eigenvalue weighted by atomic mass is 10.00. The minimum Gasteiger partial charge on any atom is -0.496 e. The number of benzene rings is 1. The summed E-state index contributed by atoms with van der Waals surface area (Å²) < 4.78 is 5.35. The number of piperidine rings is 1. The summed E-state index contributed by atoms with van der Waals surface area (Å²) >= 11 is 0. The Morgan fingerprint density at radius 1 is 1.33 bits per heavy atom. The number of rotatable bonds is 6. The van der Waals surface area contributed by atoms with Crippen molar-refractivity contribution < 1.29 is 14.3 Å². The van der Waals surface area contributed by atoms with Crippen LogP contribution in [-0.4, -0.2) is 48.4 Å². The predicted octanol–water partition coefficient (Wildman–Crippen LogP) is 2.69. The molecule has 1 fully saturated rings. The van der Waals surface area contributed by atoms with Crippen LogP contribution in [0.25, 0.3) is 0 Å². The summed E-state index contributed by atoms with van der Waals surface area (Å²) in [6.07, 6.45) is 2.64. The van der Waals surface area contributed by atoms with E-state index in [1.54, 1.807) is 18.9 Å². The molecule has 2 rings (SSSR count). The SMILES string of the molecule is COc1ccccc1CN(CCC(=O)N1CCCC(C)C1)C(C)=O. The summed E-state index contributed by atoms with van der Waals surface area (Å²) in [5, 5.41) is 0. The molecule has 1 aliphatic rings. The third kappa shape index (κ3) is 4.98. The zero-order valence-corrected chi connectivity index (χ0v) is 15.0. The molecule has 1 aromatic rings. The number of likely N-dealkylation sites (tertiary alicyclic amines) is 1. The number of hydrogen-bond acceptors (Lipinski definition) is 3. The number of carbonyl (C=O) groups is 2. The van der Waals surface area contributed by atoms with Crippen molar-refractivity contribution in [1.29, 1.82) is 0 Å². The van der Waals surface area contributed by atoms with E-state index >= 15 is 0 Å². The summed E-state index contributed by atoms with van der Waals surface area (Å²) in [6.45, 7) is 6.31. The molecule has 1 aliphatic heterocycles. The summed E-state index contributed by atoms with van der Waals surface area (Å²) in [5.41, 5.74) is 0.953. The molecular weight excluding hydrogens is 304 g/mol. The first-order chi connectivity index (χ1) is 11.5. The third-order valence-corrected chi connectivity index (χ3v) is 4.60. The Balaban J connectivity index is 1.94. The summed E-state index contributed by atoms with van der Waals surface area (Å²) in [4.78, 5) is 28.0. The van der Waals surface area contributed by atoms with Crippen LogP contribution >= 0.6 is 0 Å². The van der Waals surface area contributed by atoms with Crippen molar-refractivity contribution in [2.75, 3.05) is 26.7 Å². The number of para-hydroxylation sites is 1. The first-order valence-electron chi connectivity index (χ1n) is 8.66. The Hall–Kier alpha value is -2.04. The summed E-state index contributed by atoms with van der Waals surface area (Å²) in [7, 11) is 1.62. The molecule has 5 heteroatoms. The molecule has 24 heavy (non-hydrogen) atoms. The van der Waals surface area contributed by atoms with E-state index in [1.807, 2.05) is 29.2 Å². The van der Waals surface area contributed by atoms with Crippen molar-refractivity contribution >= 4 is 11.8 Å². The highest BCUT2D eigenvalue weighted by atomic mass is 16.5. The van der Waals surface area contributed by atoms with Crippen molar-refractivity contribution in [3.63, 3.8) is 0 Å². The average Bonchev–Trinajstić information content (AvgIpc) is 2.58. The van der Waals surface area contributed by atoms with Crippen LogP contribution in [0.2, 0.25) is 0 Å². The van der Waals surface area contributed by atoms with Crippen molar-refractivity contribution in [2.24, 2.45) is 5.92 Å². The lowest BCUT2D eigenvalue weighted by Gasteiger charge is -2.31. The van der Waals surface area contributed by atoms with E-state index < -0.39 is 0 Å². The summed E-state index contributed by atoms with van der Waals surface area (Å²) in [6, 6.07) is 7.66. The predicted molar refractivity (Wildman–Crippen MR) is 93.7 cm³/mol. The zero-order chi connectivity index (χ0) is 17.5. The van der Waals surface area contributed by atoms with Crippen LogP contribution in [0.4, 0.5) is 0 Å². The first kappa shape index (κ1) is 18.3. The van der Waals surface area contributed by atoms with E-state index in [0.29, 0.717) is 25.4 Å². The van der Waals surface area contributed by atoms with E-state index in [-0.39, 0.29) is 11.8 Å². The summed E-state index contributed by atoms with van der Waals surface area (Å²) in [5.74, 6) is 1.45. The molecule has 1 saturated heterocycles. The normalized spacial score (nSPS) is 17.5. The minimum atomic E-state index is -0.0271. The van der Waals surface area contributed by atoms with Gasteiger partial charge in [0, 0.05) is 45.1 Å². The van der Waals surface area contributed by atoms with E-state index in [2.05, 4.69) is 6.92 Å². The smallest absolute Gasteiger partial charge is 0.224 e. The lowest BCUT2D eigenvalue weighted by molar-refractivity contribution is -0.135. The maximum atomic E-state index is 12.4. The van der Waals surface area contributed by atoms with Crippen LogP contribution < -0.4 is 4.74 Å². The minimum absolute atomic E-state index is 0.0271. The standard InChI is InChI=1S/C19H28N2O3/c1-15-7-6-11-21(13-15)19(23)10-12-20(16(2)22)14-17-8-4-5-9-18(17)24-3/h4-5,8-9,15H,6-7,10-14H2,1-3H3. The van der Waals surface area contributed by atoms with E-state index in [1.165, 1.54) is 6.42 Å². The molecule has 1 atom stereocenters. The van der Waals surface area contributed by atoms with Gasteiger partial charge in [-0.15, -0.1) is 0 Å². The van der Waals surface area contributed by atoms with Crippen LogP contribution in [0.1, 0.15) is 38.7 Å². The van der Waals surface area contributed by atoms with Crippen molar-refractivity contribution in [1.82, 2.24) is 9.80 Å². The second-order valence-electron chi connectivity index (χ2n) is 6.59. The molecule has 2 amide bonds. The topological polar surface area (TPSA) is 49.9 Å². The number of ether oxygens (including phenoxy) is 1. The highest BCUT2D eigenvalue weighted by Gasteiger charge is 2.22. The lowest BCUT2D eigenvalue weighted by Crippen LogP contribution is -2.41. The second kappa shape index (κ2) is 8.71. The molecule has 5 nitrogen and oxygen atoms in total. The molecule has 132 valence electrons. The molecule has 0 aromatic heterocycles. The molecule has 0 radical (unpaired) electrons. The van der Waals surface area contributed by atoms with Crippen molar-refractivity contribution in [3.8, 4) is 5.75 Å². The van der Waals surface area contributed by atoms with Crippen LogP contribution in [0.15, 0.2) is 24.3 Å². The molecule has 0 spiro atoms. The van der Waals surface area contributed by atoms with Crippen molar-refractivity contribution in [3.05, 3.63) is 29.8 Å². The number of methoxy groups -OCH3 is 1. The molecule has 1 aromatic carbocycles. The van der Waals surface area contributed by atoms with E-state index in [4.69, 9.17) is 4.74 Å². The number of hydrogen-bond donors (Lipinski definition) is 0. The molecule has 0 saturated carbocycles. The van der Waals surface area contributed by atoms with Gasteiger partial charge < -0.3 is 14.5 Å². The highest BCUT2D eigenvalue weighted by molar-refractivity contribution is 5.78. The first-order valence-corrected chi connectivity index (χ1v) is 8.66. The van der Waals surface area contributed by atoms with Gasteiger partial charge in [0.1, 0.15) is 5.75 Å². The molecular formula is C19H28N2O3. The van der Waals surface area contributed by atoms with Crippen molar-refractivity contribution in [2.45, 2.75) is 39.7 Å². The molecule has 0 N–H and O–H groups in total. The highest BCUT2D eigenvalue weighted by Crippen LogP contribution is 2.20. The molecule has 1 unspecified atom stereocenters. The van der Waals surface area contributed by atoms with Gasteiger partial charge in [0.2, 0.25) is 11.8 Å². The Bertz CT molecular complexity index is 573. The quantitative estimate of drug-likeness (QED) is 0.805. The van der Waals surface area contributed by atoms with Gasteiger partial charge >= 0.3 is 0 Å². The van der Waals surface area contributed by atoms with Crippen LogP contribution in [-0.2, 0) is 16.1 Å². The van der Waals surface area contributed by atoms with Gasteiger partial charge in [-0.1, -0.05) is 25.1 Å². The fourth-order valence-corrected chi connectivity index (χ4v) is 3.19. The Labute approximate surface area is 144 Å². The Kier molecular flexibility index (Phi) is 6.64. The van der Waals surface area contributed by atoms with Gasteiger partial charge in [0.05, 0.1) is 7.11 Å². The van der Waals surface area contributed by atoms with Gasteiger partial charge in [-0.25, -0.2) is 0 Å². The molecule has 1 heterocycles. The Morgan fingerprint density at radius 3 is 2.75 bits per heavy atom. The van der Waals surface area contributed by atoms with Gasteiger partial charge in [-0.2, -0.15) is 0 Å². The van der Waals surface area contributed by atoms with Gasteiger partial charge in [-0.05, 0) is 24.8 Å². The second-order valence-corrected chi connectivity index (χ2v) is 6.59. The van der Waals surface area contributed by atoms with E-state index in [0.717, 1.165) is 30.8 Å². The van der Waals surface area contributed by atoms with Crippen LogP contribution in [0.3, 0.4) is 0 Å². The van der Waals surface area contributed by atoms with Gasteiger partial charge in [-0.3, -0.25) is 9.59 Å². The number of amides is 2. The van der Waals surface area contributed by atoms with Gasteiger partial charge in [0.25, 0.3) is 0 Å². The molecule has 0 aliphatic carbocycles. The maximum Gasteiger partial charge on any atom is 0.224 e. The number of carbonyl (C=O) groups excluding carboxylic acids is 2. The Morgan fingerprint density at radius 2 is 2.08 bits per heavy atom. The maximum absolute atomic E-state index is 12.4. The van der Waals surface area contributed by atoms with Gasteiger partial charge in [0.15, 0.2) is 0 Å².